The van der Waals surface area contributed by atoms with Crippen LogP contribution in [0.15, 0.2) is 59.6 Å². The molecule has 0 unspecified atom stereocenters. The van der Waals surface area contributed by atoms with Crippen LogP contribution in [-0.4, -0.2) is 4.98 Å². The molecule has 0 radical (unpaired) electrons. The van der Waals surface area contributed by atoms with Crippen molar-refractivity contribution in [3.05, 3.63) is 66.4 Å². The van der Waals surface area contributed by atoms with E-state index in [0.717, 1.165) is 11.3 Å². The molecule has 0 bridgehead atoms. The molecule has 0 aliphatic heterocycles. The van der Waals surface area contributed by atoms with Crippen molar-refractivity contribution in [2.45, 2.75) is 0 Å². The fraction of sp³-hybridized carbons (Fsp3) is 0. The van der Waals surface area contributed by atoms with E-state index in [1.165, 1.54) is 0 Å². The first-order chi connectivity index (χ1) is 7.45. The minimum Gasteiger partial charge on any atom is -0.472 e. The third-order valence-corrected chi connectivity index (χ3v) is 1.90. The third kappa shape index (κ3) is 2.95. The Morgan fingerprint density at radius 2 is 2.00 bits per heavy atom. The Kier molecular flexibility index (Phi) is 3.13. The summed E-state index contributed by atoms with van der Waals surface area (Å²) >= 11 is 0. The summed E-state index contributed by atoms with van der Waals surface area (Å²) in [4.78, 5) is 4.17. The standard InChI is InChI=1S/C13H11NO/c1(5-12-8-10-15-11-12)2-6-13-7-3-4-9-14-13/h1-11H. The van der Waals surface area contributed by atoms with Crippen molar-refractivity contribution in [1.82, 2.24) is 4.98 Å². The molecule has 0 N–H and O–H groups in total. The Hall–Kier alpha value is -2.09. The van der Waals surface area contributed by atoms with E-state index in [9.17, 15) is 0 Å². The average molecular weight is 197 g/mol. The molecule has 0 fully saturated rings. The van der Waals surface area contributed by atoms with Gasteiger partial charge < -0.3 is 4.42 Å². The van der Waals surface area contributed by atoms with Crippen LogP contribution >= 0.6 is 0 Å². The quantitative estimate of drug-likeness (QED) is 0.705. The highest BCUT2D eigenvalue weighted by Gasteiger charge is 1.84. The zero-order chi connectivity index (χ0) is 10.3. The second kappa shape index (κ2) is 4.96. The zero-order valence-corrected chi connectivity index (χ0v) is 8.21. The molecule has 2 rings (SSSR count). The number of nitrogens with zero attached hydrogens (tertiary/aromatic N) is 1. The van der Waals surface area contributed by atoms with Crippen LogP contribution < -0.4 is 0 Å². The first kappa shape index (κ1) is 9.46. The highest BCUT2D eigenvalue weighted by molar-refractivity contribution is 5.54. The molecule has 0 spiro atoms. The summed E-state index contributed by atoms with van der Waals surface area (Å²) in [6.45, 7) is 0. The van der Waals surface area contributed by atoms with Crippen LogP contribution in [0.4, 0.5) is 0 Å². The highest BCUT2D eigenvalue weighted by atomic mass is 16.3. The van der Waals surface area contributed by atoms with E-state index in [2.05, 4.69) is 4.98 Å². The molecule has 0 aliphatic carbocycles. The number of hydrogen-bond acceptors (Lipinski definition) is 2. The number of allylic oxidation sites excluding steroid dienone is 2. The third-order valence-electron chi connectivity index (χ3n) is 1.90. The molecule has 0 aliphatic rings. The van der Waals surface area contributed by atoms with Gasteiger partial charge in [0.15, 0.2) is 0 Å². The van der Waals surface area contributed by atoms with Crippen molar-refractivity contribution < 1.29 is 4.42 Å². The van der Waals surface area contributed by atoms with Gasteiger partial charge in [-0.1, -0.05) is 24.3 Å². The van der Waals surface area contributed by atoms with Gasteiger partial charge in [0.1, 0.15) is 0 Å². The van der Waals surface area contributed by atoms with Crippen LogP contribution in [0.25, 0.3) is 12.2 Å². The predicted octanol–water partition coefficient (Wildman–Crippen LogP) is 3.40. The Morgan fingerprint density at radius 3 is 2.73 bits per heavy atom. The first-order valence-corrected chi connectivity index (χ1v) is 4.73. The molecular weight excluding hydrogens is 186 g/mol. The summed E-state index contributed by atoms with van der Waals surface area (Å²) in [6, 6.07) is 7.73. The fourth-order valence-electron chi connectivity index (χ4n) is 1.17. The summed E-state index contributed by atoms with van der Waals surface area (Å²) < 4.78 is 4.94. The van der Waals surface area contributed by atoms with Crippen LogP contribution in [-0.2, 0) is 0 Å². The van der Waals surface area contributed by atoms with Crippen molar-refractivity contribution in [2.75, 3.05) is 0 Å². The maximum atomic E-state index is 4.94. The van der Waals surface area contributed by atoms with Gasteiger partial charge in [-0.25, -0.2) is 0 Å². The second-order valence-corrected chi connectivity index (χ2v) is 3.03. The molecule has 15 heavy (non-hydrogen) atoms. The van der Waals surface area contributed by atoms with Crippen LogP contribution in [0.2, 0.25) is 0 Å². The minimum atomic E-state index is 0.953. The number of furan rings is 1. The lowest BCUT2D eigenvalue weighted by molar-refractivity contribution is 0.567. The molecule has 2 heteroatoms. The number of pyridine rings is 1. The second-order valence-electron chi connectivity index (χ2n) is 3.03. The molecule has 74 valence electrons. The Morgan fingerprint density at radius 1 is 1.07 bits per heavy atom. The summed E-state index contributed by atoms with van der Waals surface area (Å²) in [5.41, 5.74) is 2.01. The van der Waals surface area contributed by atoms with Crippen LogP contribution in [0.5, 0.6) is 0 Å². The Balaban J connectivity index is 1.96. The lowest BCUT2D eigenvalue weighted by atomic mass is 10.3. The van der Waals surface area contributed by atoms with Crippen molar-refractivity contribution in [3.63, 3.8) is 0 Å². The van der Waals surface area contributed by atoms with E-state index in [1.807, 2.05) is 48.6 Å². The van der Waals surface area contributed by atoms with Crippen molar-refractivity contribution in [2.24, 2.45) is 0 Å². The van der Waals surface area contributed by atoms with Crippen LogP contribution in [0, 0.1) is 0 Å². The highest BCUT2D eigenvalue weighted by Crippen LogP contribution is 2.03. The maximum Gasteiger partial charge on any atom is 0.0974 e. The molecule has 0 amide bonds. The van der Waals surface area contributed by atoms with E-state index in [0.29, 0.717) is 0 Å². The average Bonchev–Trinajstić information content (AvgIpc) is 2.79. The van der Waals surface area contributed by atoms with Gasteiger partial charge >= 0.3 is 0 Å². The van der Waals surface area contributed by atoms with Gasteiger partial charge in [-0.15, -0.1) is 0 Å². The smallest absolute Gasteiger partial charge is 0.0974 e. The van der Waals surface area contributed by atoms with Crippen LogP contribution in [0.1, 0.15) is 11.3 Å². The van der Waals surface area contributed by atoms with Gasteiger partial charge in [0, 0.05) is 11.8 Å². The van der Waals surface area contributed by atoms with Crippen LogP contribution in [0.3, 0.4) is 0 Å². The van der Waals surface area contributed by atoms with E-state index in [1.54, 1.807) is 18.7 Å². The molecule has 0 atom stereocenters. The molecule has 0 aromatic carbocycles. The van der Waals surface area contributed by atoms with E-state index in [4.69, 9.17) is 4.42 Å². The largest absolute Gasteiger partial charge is 0.472 e. The topological polar surface area (TPSA) is 26.0 Å². The Labute approximate surface area is 88.6 Å². The lowest BCUT2D eigenvalue weighted by Crippen LogP contribution is -1.74. The SMILES string of the molecule is C(C=Cc1ccccn1)=Cc1ccoc1. The van der Waals surface area contributed by atoms with E-state index >= 15 is 0 Å². The minimum absolute atomic E-state index is 0.953. The maximum absolute atomic E-state index is 4.94. The van der Waals surface area contributed by atoms with Crippen molar-refractivity contribution >= 4 is 12.2 Å². The summed E-state index contributed by atoms with van der Waals surface area (Å²) in [7, 11) is 0. The number of rotatable bonds is 3. The lowest BCUT2D eigenvalue weighted by Gasteiger charge is -1.87. The Bertz CT molecular complexity index is 441. The van der Waals surface area contributed by atoms with Crippen molar-refractivity contribution in [3.8, 4) is 0 Å². The normalized spacial score (nSPS) is 11.5. The van der Waals surface area contributed by atoms with E-state index in [-0.39, 0.29) is 0 Å². The zero-order valence-electron chi connectivity index (χ0n) is 8.21. The molecule has 2 aromatic rings. The van der Waals surface area contributed by atoms with Gasteiger partial charge in [-0.05, 0) is 24.3 Å². The van der Waals surface area contributed by atoms with Gasteiger partial charge in [-0.3, -0.25) is 4.98 Å². The molecule has 2 aromatic heterocycles. The van der Waals surface area contributed by atoms with Gasteiger partial charge in [0.25, 0.3) is 0 Å². The van der Waals surface area contributed by atoms with Gasteiger partial charge in [-0.2, -0.15) is 0 Å². The summed E-state index contributed by atoms with van der Waals surface area (Å²) in [5.74, 6) is 0. The summed E-state index contributed by atoms with van der Waals surface area (Å²) in [6.07, 6.45) is 13.0. The fourth-order valence-corrected chi connectivity index (χ4v) is 1.17. The molecule has 2 heterocycles. The van der Waals surface area contributed by atoms with E-state index < -0.39 is 0 Å². The predicted molar refractivity (Wildman–Crippen MR) is 61.0 cm³/mol. The summed E-state index contributed by atoms with van der Waals surface area (Å²) in [5, 5.41) is 0. The molecule has 0 saturated heterocycles. The molecule has 0 saturated carbocycles. The number of aromatic nitrogens is 1. The number of hydrogen-bond donors (Lipinski definition) is 0. The molecular formula is C13H11NO. The van der Waals surface area contributed by atoms with Crippen molar-refractivity contribution in [1.29, 1.82) is 0 Å². The monoisotopic (exact) mass is 197 g/mol. The first-order valence-electron chi connectivity index (χ1n) is 4.73. The molecule has 2 nitrogen and oxygen atoms in total. The van der Waals surface area contributed by atoms with Gasteiger partial charge in [0.05, 0.1) is 18.2 Å². The van der Waals surface area contributed by atoms with Gasteiger partial charge in [0.2, 0.25) is 0 Å².